The van der Waals surface area contributed by atoms with Crippen LogP contribution in [0.5, 0.6) is 0 Å². The number of nitrogens with two attached hydrogens (primary N) is 1. The second-order valence-corrected chi connectivity index (χ2v) is 4.43. The highest BCUT2D eigenvalue weighted by Gasteiger charge is 2.10. The van der Waals surface area contributed by atoms with Crippen LogP contribution in [0.4, 0.5) is 5.69 Å². The van der Waals surface area contributed by atoms with Crippen molar-refractivity contribution in [2.45, 2.75) is 19.4 Å². The van der Waals surface area contributed by atoms with E-state index in [0.29, 0.717) is 11.3 Å². The summed E-state index contributed by atoms with van der Waals surface area (Å²) >= 11 is 3.27. The van der Waals surface area contributed by atoms with Crippen LogP contribution < -0.4 is 11.1 Å². The van der Waals surface area contributed by atoms with E-state index < -0.39 is 0 Å². The normalized spacial score (nSPS) is 11.6. The smallest absolute Gasteiger partial charge is 0.251 e. The Balaban J connectivity index is 2.77. The number of nitrogen functional groups attached to an aromatic ring is 1. The van der Waals surface area contributed by atoms with Crippen LogP contribution in [0.2, 0.25) is 0 Å². The first-order valence-corrected chi connectivity index (χ1v) is 5.56. The summed E-state index contributed by atoms with van der Waals surface area (Å²) in [5.41, 5.74) is 6.63. The number of anilines is 1. The maximum absolute atomic E-state index is 11.7. The van der Waals surface area contributed by atoms with Crippen molar-refractivity contribution in [1.29, 1.82) is 5.26 Å². The van der Waals surface area contributed by atoms with E-state index in [4.69, 9.17) is 11.0 Å². The molecule has 0 aromatic heterocycles. The van der Waals surface area contributed by atoms with Crippen molar-refractivity contribution in [2.75, 3.05) is 5.73 Å². The second kappa shape index (κ2) is 5.52. The Kier molecular flexibility index (Phi) is 4.32. The third-order valence-corrected chi connectivity index (χ3v) is 2.42. The van der Waals surface area contributed by atoms with Crippen molar-refractivity contribution in [3.05, 3.63) is 28.2 Å². The molecule has 84 valence electrons. The Morgan fingerprint density at radius 1 is 1.62 bits per heavy atom. The molecule has 0 radical (unpaired) electrons. The number of carbonyl (C=O) groups excluding carboxylic acids is 1. The number of hydrogen-bond acceptors (Lipinski definition) is 3. The van der Waals surface area contributed by atoms with Gasteiger partial charge in [-0.25, -0.2) is 0 Å². The lowest BCUT2D eigenvalue weighted by atomic mass is 10.1. The highest BCUT2D eigenvalue weighted by atomic mass is 79.9. The fraction of sp³-hybridized carbons (Fsp3) is 0.273. The summed E-state index contributed by atoms with van der Waals surface area (Å²) in [7, 11) is 0. The first-order valence-electron chi connectivity index (χ1n) is 4.77. The molecule has 1 amide bonds. The molecule has 1 atom stereocenters. The predicted molar refractivity (Wildman–Crippen MR) is 65.7 cm³/mol. The third-order valence-electron chi connectivity index (χ3n) is 1.96. The van der Waals surface area contributed by atoms with Crippen molar-refractivity contribution < 1.29 is 4.79 Å². The van der Waals surface area contributed by atoms with Gasteiger partial charge < -0.3 is 11.1 Å². The molecule has 1 aromatic rings. The molecule has 0 heterocycles. The summed E-state index contributed by atoms with van der Waals surface area (Å²) in [6, 6.07) is 6.83. The number of benzene rings is 1. The molecule has 0 fully saturated rings. The molecule has 4 nitrogen and oxygen atoms in total. The summed E-state index contributed by atoms with van der Waals surface area (Å²) in [6.07, 6.45) is 0.287. The molecule has 0 bridgehead atoms. The zero-order valence-electron chi connectivity index (χ0n) is 8.83. The van der Waals surface area contributed by atoms with Crippen LogP contribution in [0.15, 0.2) is 22.7 Å². The Labute approximate surface area is 103 Å². The number of hydrogen-bond donors (Lipinski definition) is 2. The molecule has 3 N–H and O–H groups in total. The standard InChI is InChI=1S/C11H12BrN3O/c1-7(2-3-13)15-11(16)8-4-9(12)6-10(14)5-8/h4-7H,2,14H2,1H3,(H,15,16). The van der Waals surface area contributed by atoms with Crippen LogP contribution in [0.25, 0.3) is 0 Å². The van der Waals surface area contributed by atoms with Gasteiger partial charge in [0.2, 0.25) is 0 Å². The number of carbonyl (C=O) groups is 1. The topological polar surface area (TPSA) is 78.9 Å². The van der Waals surface area contributed by atoms with E-state index in [2.05, 4.69) is 21.2 Å². The van der Waals surface area contributed by atoms with Crippen LogP contribution in [0, 0.1) is 11.3 Å². The van der Waals surface area contributed by atoms with Gasteiger partial charge in [0.25, 0.3) is 5.91 Å². The van der Waals surface area contributed by atoms with Crippen LogP contribution in [0.1, 0.15) is 23.7 Å². The Bertz CT molecular complexity index is 419. The molecule has 5 heteroatoms. The largest absolute Gasteiger partial charge is 0.399 e. The number of nitriles is 1. The van der Waals surface area contributed by atoms with E-state index in [1.807, 2.05) is 6.07 Å². The minimum Gasteiger partial charge on any atom is -0.399 e. The number of rotatable bonds is 3. The highest BCUT2D eigenvalue weighted by molar-refractivity contribution is 9.10. The summed E-state index contributed by atoms with van der Waals surface area (Å²) in [4.78, 5) is 11.7. The SMILES string of the molecule is CC(CC#N)NC(=O)c1cc(N)cc(Br)c1. The maximum atomic E-state index is 11.7. The summed E-state index contributed by atoms with van der Waals surface area (Å²) < 4.78 is 0.755. The molecule has 0 aliphatic carbocycles. The van der Waals surface area contributed by atoms with Crippen LogP contribution in [-0.2, 0) is 0 Å². The molecule has 0 saturated heterocycles. The van der Waals surface area contributed by atoms with Gasteiger partial charge in [0.15, 0.2) is 0 Å². The lowest BCUT2D eigenvalue weighted by Crippen LogP contribution is -2.32. The number of halogens is 1. The number of amides is 1. The van der Waals surface area contributed by atoms with Crippen LogP contribution in [0.3, 0.4) is 0 Å². The first-order chi connectivity index (χ1) is 7.52. The van der Waals surface area contributed by atoms with Gasteiger partial charge in [-0.1, -0.05) is 15.9 Å². The van der Waals surface area contributed by atoms with Crippen molar-refractivity contribution in [2.24, 2.45) is 0 Å². The second-order valence-electron chi connectivity index (χ2n) is 3.51. The van der Waals surface area contributed by atoms with Gasteiger partial charge in [0, 0.05) is 21.8 Å². The third kappa shape index (κ3) is 3.55. The van der Waals surface area contributed by atoms with Gasteiger partial charge in [-0.3, -0.25) is 4.79 Å². The average molecular weight is 282 g/mol. The highest BCUT2D eigenvalue weighted by Crippen LogP contribution is 2.17. The predicted octanol–water partition coefficient (Wildman–Crippen LogP) is 2.06. The molecule has 16 heavy (non-hydrogen) atoms. The van der Waals surface area contributed by atoms with Gasteiger partial charge in [-0.2, -0.15) is 5.26 Å². The van der Waals surface area contributed by atoms with Crippen LogP contribution >= 0.6 is 15.9 Å². The average Bonchev–Trinajstić information content (AvgIpc) is 2.16. The molecule has 1 aromatic carbocycles. The van der Waals surface area contributed by atoms with Crippen molar-refractivity contribution in [3.63, 3.8) is 0 Å². The van der Waals surface area contributed by atoms with E-state index >= 15 is 0 Å². The van der Waals surface area contributed by atoms with Gasteiger partial charge in [0.05, 0.1) is 12.5 Å². The van der Waals surface area contributed by atoms with E-state index in [1.165, 1.54) is 0 Å². The quantitative estimate of drug-likeness (QED) is 0.833. The number of nitrogens with zero attached hydrogens (tertiary/aromatic N) is 1. The number of nitrogens with one attached hydrogen (secondary N) is 1. The van der Waals surface area contributed by atoms with Crippen LogP contribution in [-0.4, -0.2) is 11.9 Å². The maximum Gasteiger partial charge on any atom is 0.251 e. The summed E-state index contributed by atoms with van der Waals surface area (Å²) in [6.45, 7) is 1.78. The zero-order valence-corrected chi connectivity index (χ0v) is 10.4. The van der Waals surface area contributed by atoms with E-state index in [0.717, 1.165) is 4.47 Å². The van der Waals surface area contributed by atoms with Gasteiger partial charge >= 0.3 is 0 Å². The first kappa shape index (κ1) is 12.5. The molecular weight excluding hydrogens is 270 g/mol. The molecule has 0 spiro atoms. The fourth-order valence-electron chi connectivity index (χ4n) is 1.24. The van der Waals surface area contributed by atoms with E-state index in [1.54, 1.807) is 25.1 Å². The molecule has 0 aliphatic rings. The molecular formula is C11H12BrN3O. The van der Waals surface area contributed by atoms with Crippen molar-refractivity contribution >= 4 is 27.5 Å². The van der Waals surface area contributed by atoms with Gasteiger partial charge in [-0.15, -0.1) is 0 Å². The lowest BCUT2D eigenvalue weighted by molar-refractivity contribution is 0.0941. The minimum atomic E-state index is -0.226. The molecule has 0 saturated carbocycles. The van der Waals surface area contributed by atoms with E-state index in [-0.39, 0.29) is 18.4 Å². The van der Waals surface area contributed by atoms with E-state index in [9.17, 15) is 4.79 Å². The fourth-order valence-corrected chi connectivity index (χ4v) is 1.75. The van der Waals surface area contributed by atoms with Crippen molar-refractivity contribution in [3.8, 4) is 6.07 Å². The molecule has 1 unspecified atom stereocenters. The lowest BCUT2D eigenvalue weighted by Gasteiger charge is -2.10. The monoisotopic (exact) mass is 281 g/mol. The Morgan fingerprint density at radius 3 is 2.88 bits per heavy atom. The molecule has 1 rings (SSSR count). The molecule has 0 aliphatic heterocycles. The van der Waals surface area contributed by atoms with Gasteiger partial charge in [0.1, 0.15) is 0 Å². The summed E-state index contributed by atoms with van der Waals surface area (Å²) in [5, 5.41) is 11.2. The Morgan fingerprint density at radius 2 is 2.31 bits per heavy atom. The zero-order chi connectivity index (χ0) is 12.1. The minimum absolute atomic E-state index is 0.169. The van der Waals surface area contributed by atoms with Gasteiger partial charge in [-0.05, 0) is 25.1 Å². The summed E-state index contributed by atoms with van der Waals surface area (Å²) in [5.74, 6) is -0.226. The Hall–Kier alpha value is -1.54. The van der Waals surface area contributed by atoms with Crippen molar-refractivity contribution in [1.82, 2.24) is 5.32 Å².